The molecule has 0 atom stereocenters. The molecule has 0 radical (unpaired) electrons. The van der Waals surface area contributed by atoms with Crippen LogP contribution in [0.3, 0.4) is 0 Å². The van der Waals surface area contributed by atoms with Crippen LogP contribution in [-0.2, 0) is 9.47 Å². The smallest absolute Gasteiger partial charge is 0.420 e. The predicted molar refractivity (Wildman–Crippen MR) is 103 cm³/mol. The highest BCUT2D eigenvalue weighted by molar-refractivity contribution is 7.99. The van der Waals surface area contributed by atoms with E-state index in [0.29, 0.717) is 10.7 Å². The van der Waals surface area contributed by atoms with Crippen LogP contribution in [-0.4, -0.2) is 45.9 Å². The van der Waals surface area contributed by atoms with Gasteiger partial charge in [-0.25, -0.2) is 19.5 Å². The van der Waals surface area contributed by atoms with Gasteiger partial charge in [-0.3, -0.25) is 4.99 Å². The van der Waals surface area contributed by atoms with E-state index in [1.807, 2.05) is 0 Å². The summed E-state index contributed by atoms with van der Waals surface area (Å²) in [4.78, 5) is 33.7. The number of halogens is 1. The Morgan fingerprint density at radius 1 is 1.15 bits per heavy atom. The van der Waals surface area contributed by atoms with Gasteiger partial charge in [0.2, 0.25) is 0 Å². The van der Waals surface area contributed by atoms with E-state index in [2.05, 4.69) is 16.7 Å². The first-order valence-corrected chi connectivity index (χ1v) is 9.18. The molecule has 0 bridgehead atoms. The average molecular weight is 402 g/mol. The molecular weight excluding hydrogens is 378 g/mol. The van der Waals surface area contributed by atoms with E-state index in [4.69, 9.17) is 21.1 Å². The van der Waals surface area contributed by atoms with E-state index in [1.165, 1.54) is 0 Å². The Morgan fingerprint density at radius 3 is 2.08 bits per heavy atom. The third kappa shape index (κ3) is 7.61. The van der Waals surface area contributed by atoms with Gasteiger partial charge in [0.25, 0.3) is 0 Å². The predicted octanol–water partition coefficient (Wildman–Crippen LogP) is 5.29. The number of carbonyl (C=O) groups is 2. The number of thioether (sulfide) groups is 1. The molecule has 0 unspecified atom stereocenters. The minimum Gasteiger partial charge on any atom is -0.443 e. The van der Waals surface area contributed by atoms with Crippen LogP contribution in [0.4, 0.5) is 15.3 Å². The summed E-state index contributed by atoms with van der Waals surface area (Å²) in [5.74, 6) is -0.0836. The summed E-state index contributed by atoms with van der Waals surface area (Å²) in [5.41, 5.74) is -1.03. The summed E-state index contributed by atoms with van der Waals surface area (Å²) in [6.45, 7) is 13.7. The molecule has 26 heavy (non-hydrogen) atoms. The lowest BCUT2D eigenvalue weighted by Crippen LogP contribution is -2.43. The highest BCUT2D eigenvalue weighted by atomic mass is 35.5. The maximum atomic E-state index is 12.4. The number of aliphatic imine (C=N–C) groups is 1. The van der Waals surface area contributed by atoms with Crippen LogP contribution in [0.15, 0.2) is 22.2 Å². The molecule has 1 rings (SSSR count). The average Bonchev–Trinajstić information content (AvgIpc) is 2.43. The van der Waals surface area contributed by atoms with Gasteiger partial charge in [0.05, 0.1) is 11.6 Å². The van der Waals surface area contributed by atoms with Crippen molar-refractivity contribution in [1.29, 1.82) is 0 Å². The molecule has 0 saturated carbocycles. The van der Waals surface area contributed by atoms with Gasteiger partial charge in [-0.05, 0) is 60.4 Å². The molecule has 0 aliphatic carbocycles. The Bertz CT molecular complexity index is 656. The number of imide groups is 1. The molecule has 2 amide bonds. The monoisotopic (exact) mass is 401 g/mol. The van der Waals surface area contributed by atoms with E-state index < -0.39 is 23.4 Å². The number of carbonyl (C=O) groups excluding carboxylic acids is 2. The van der Waals surface area contributed by atoms with E-state index in [1.54, 1.807) is 53.7 Å². The first-order valence-electron chi connectivity index (χ1n) is 7.82. The lowest BCUT2D eigenvalue weighted by atomic mass is 10.2. The lowest BCUT2D eigenvalue weighted by molar-refractivity contribution is 0.00537. The standard InChI is InChI=1S/C17H24ClN3O4S/c1-16(2,3)24-14(22)21(15(23)25-17(4,5)6)10-26-13-11(19-7)8-9-12(18)20-13/h8-9H,7,10H2,1-6H3. The number of hydrogen-bond donors (Lipinski definition) is 0. The Kier molecular flexibility index (Phi) is 7.46. The minimum absolute atomic E-state index is 0.0836. The van der Waals surface area contributed by atoms with Crippen LogP contribution in [0.5, 0.6) is 0 Å². The molecule has 1 aromatic rings. The number of rotatable bonds is 4. The van der Waals surface area contributed by atoms with Crippen molar-refractivity contribution in [3.8, 4) is 0 Å². The molecule has 7 nitrogen and oxygen atoms in total. The molecule has 1 aromatic heterocycles. The second-order valence-electron chi connectivity index (χ2n) is 7.28. The maximum Gasteiger partial charge on any atom is 0.420 e. The number of amides is 2. The molecule has 9 heteroatoms. The van der Waals surface area contributed by atoms with Crippen molar-refractivity contribution in [2.75, 3.05) is 5.88 Å². The topological polar surface area (TPSA) is 81.1 Å². The molecule has 1 heterocycles. The van der Waals surface area contributed by atoms with Gasteiger partial charge in [-0.15, -0.1) is 0 Å². The number of hydrogen-bond acceptors (Lipinski definition) is 7. The van der Waals surface area contributed by atoms with Gasteiger partial charge >= 0.3 is 12.2 Å². The van der Waals surface area contributed by atoms with Crippen molar-refractivity contribution in [3.05, 3.63) is 17.3 Å². The summed E-state index contributed by atoms with van der Waals surface area (Å²) < 4.78 is 10.6. The Balaban J connectivity index is 3.02. The Hall–Kier alpha value is -1.80. The molecular formula is C17H24ClN3O4S. The van der Waals surface area contributed by atoms with Crippen LogP contribution in [0.25, 0.3) is 0 Å². The van der Waals surface area contributed by atoms with Gasteiger partial charge in [0.1, 0.15) is 21.4 Å². The summed E-state index contributed by atoms with van der Waals surface area (Å²) in [6, 6.07) is 3.23. The largest absolute Gasteiger partial charge is 0.443 e. The van der Waals surface area contributed by atoms with E-state index in [9.17, 15) is 9.59 Å². The van der Waals surface area contributed by atoms with Crippen molar-refractivity contribution in [2.45, 2.75) is 57.8 Å². The van der Waals surface area contributed by atoms with Crippen molar-refractivity contribution in [2.24, 2.45) is 4.99 Å². The SMILES string of the molecule is C=Nc1ccc(Cl)nc1SCN(C(=O)OC(C)(C)C)C(=O)OC(C)(C)C. The normalized spacial score (nSPS) is 11.7. The fourth-order valence-electron chi connectivity index (χ4n) is 1.58. The zero-order chi connectivity index (χ0) is 20.1. The van der Waals surface area contributed by atoms with Crippen LogP contribution in [0.2, 0.25) is 5.15 Å². The molecule has 0 fully saturated rings. The zero-order valence-electron chi connectivity index (χ0n) is 15.8. The van der Waals surface area contributed by atoms with Crippen LogP contribution in [0.1, 0.15) is 41.5 Å². The number of ether oxygens (including phenoxy) is 2. The summed E-state index contributed by atoms with van der Waals surface area (Å²) in [5, 5.41) is 0.700. The zero-order valence-corrected chi connectivity index (χ0v) is 17.4. The number of pyridine rings is 1. The Morgan fingerprint density at radius 2 is 1.65 bits per heavy atom. The third-order valence-electron chi connectivity index (χ3n) is 2.53. The second-order valence-corrected chi connectivity index (χ2v) is 8.60. The fraction of sp³-hybridized carbons (Fsp3) is 0.529. The second kappa shape index (κ2) is 8.73. The highest BCUT2D eigenvalue weighted by Crippen LogP contribution is 2.30. The minimum atomic E-state index is -0.811. The number of aromatic nitrogens is 1. The molecule has 0 N–H and O–H groups in total. The third-order valence-corrected chi connectivity index (χ3v) is 3.71. The van der Waals surface area contributed by atoms with Crippen molar-refractivity contribution < 1.29 is 19.1 Å². The molecule has 0 aromatic carbocycles. The Labute approximate surface area is 163 Å². The van der Waals surface area contributed by atoms with E-state index >= 15 is 0 Å². The summed E-state index contributed by atoms with van der Waals surface area (Å²) in [6.07, 6.45) is -1.62. The first kappa shape index (κ1) is 22.2. The molecule has 0 saturated heterocycles. The molecule has 0 aliphatic heterocycles. The first-order chi connectivity index (χ1) is 11.8. The lowest BCUT2D eigenvalue weighted by Gasteiger charge is -2.28. The molecule has 144 valence electrons. The van der Waals surface area contributed by atoms with E-state index in [-0.39, 0.29) is 11.0 Å². The van der Waals surface area contributed by atoms with Crippen LogP contribution >= 0.6 is 23.4 Å². The number of nitrogens with zero attached hydrogens (tertiary/aromatic N) is 3. The van der Waals surface area contributed by atoms with Gasteiger partial charge < -0.3 is 9.47 Å². The van der Waals surface area contributed by atoms with E-state index in [0.717, 1.165) is 16.7 Å². The van der Waals surface area contributed by atoms with Gasteiger partial charge in [0, 0.05) is 0 Å². The maximum absolute atomic E-state index is 12.4. The van der Waals surface area contributed by atoms with Gasteiger partial charge in [0.15, 0.2) is 0 Å². The quantitative estimate of drug-likeness (QED) is 0.295. The summed E-state index contributed by atoms with van der Waals surface area (Å²) in [7, 11) is 0. The van der Waals surface area contributed by atoms with Crippen molar-refractivity contribution in [1.82, 2.24) is 9.88 Å². The molecule has 0 spiro atoms. The van der Waals surface area contributed by atoms with Crippen molar-refractivity contribution >= 4 is 48.0 Å². The van der Waals surface area contributed by atoms with Crippen LogP contribution < -0.4 is 0 Å². The highest BCUT2D eigenvalue weighted by Gasteiger charge is 2.31. The summed E-state index contributed by atoms with van der Waals surface area (Å²) >= 11 is 7.00. The molecule has 0 aliphatic rings. The van der Waals surface area contributed by atoms with Gasteiger partial charge in [-0.2, -0.15) is 0 Å². The van der Waals surface area contributed by atoms with Crippen molar-refractivity contribution in [3.63, 3.8) is 0 Å². The fourth-order valence-corrected chi connectivity index (χ4v) is 2.68. The van der Waals surface area contributed by atoms with Gasteiger partial charge in [-0.1, -0.05) is 23.4 Å². The van der Waals surface area contributed by atoms with Crippen LogP contribution in [0, 0.1) is 0 Å².